The minimum absolute atomic E-state index is 0.0758. The highest BCUT2D eigenvalue weighted by Crippen LogP contribution is 2.35. The first-order valence-electron chi connectivity index (χ1n) is 8.96. The van der Waals surface area contributed by atoms with E-state index in [0.29, 0.717) is 11.8 Å². The normalized spacial score (nSPS) is 21.2. The van der Waals surface area contributed by atoms with Gasteiger partial charge in [0.2, 0.25) is 0 Å². The van der Waals surface area contributed by atoms with Gasteiger partial charge in [0.05, 0.1) is 0 Å². The molecule has 0 radical (unpaired) electrons. The van der Waals surface area contributed by atoms with Crippen molar-refractivity contribution in [2.75, 3.05) is 0 Å². The van der Waals surface area contributed by atoms with Gasteiger partial charge in [-0.15, -0.1) is 0 Å². The van der Waals surface area contributed by atoms with E-state index in [1.54, 1.807) is 11.1 Å². The van der Waals surface area contributed by atoms with Crippen LogP contribution in [0.5, 0.6) is 0 Å². The molecule has 23 heavy (non-hydrogen) atoms. The van der Waals surface area contributed by atoms with Crippen molar-refractivity contribution in [3.05, 3.63) is 82.9 Å². The molecule has 2 aliphatic rings. The number of allylic oxidation sites excluding steroid dienone is 2. The van der Waals surface area contributed by atoms with Crippen molar-refractivity contribution in [2.45, 2.75) is 36.8 Å². The molecule has 0 fully saturated rings. The SMILES string of the molecule is C1=CC(CC[SiH2]CCC2C=Cc3ccccc32)c2ccccc21. The number of rotatable bonds is 6. The first kappa shape index (κ1) is 14.7. The second-order valence-corrected chi connectivity index (χ2v) is 8.95. The van der Waals surface area contributed by atoms with Crippen LogP contribution in [0.15, 0.2) is 60.7 Å². The monoisotopic (exact) mass is 316 g/mol. The van der Waals surface area contributed by atoms with Crippen LogP contribution < -0.4 is 0 Å². The van der Waals surface area contributed by atoms with Crippen molar-refractivity contribution >= 4 is 21.7 Å². The minimum atomic E-state index is 0.0758. The molecule has 0 nitrogen and oxygen atoms in total. The van der Waals surface area contributed by atoms with Crippen molar-refractivity contribution in [3.8, 4) is 0 Å². The smallest absolute Gasteiger partial charge is 0.0198 e. The van der Waals surface area contributed by atoms with E-state index in [2.05, 4.69) is 72.8 Å². The fraction of sp³-hybridized carbons (Fsp3) is 0.273. The number of hydrogen-bond donors (Lipinski definition) is 0. The highest BCUT2D eigenvalue weighted by atomic mass is 28.2. The summed E-state index contributed by atoms with van der Waals surface area (Å²) in [5.41, 5.74) is 5.97. The van der Waals surface area contributed by atoms with Gasteiger partial charge >= 0.3 is 0 Å². The lowest BCUT2D eigenvalue weighted by Crippen LogP contribution is -1.99. The topological polar surface area (TPSA) is 0 Å². The van der Waals surface area contributed by atoms with Gasteiger partial charge in [0.25, 0.3) is 0 Å². The van der Waals surface area contributed by atoms with Crippen LogP contribution in [0.3, 0.4) is 0 Å². The maximum atomic E-state index is 2.41. The van der Waals surface area contributed by atoms with Gasteiger partial charge in [-0.1, -0.05) is 84.9 Å². The van der Waals surface area contributed by atoms with Crippen LogP contribution in [0.2, 0.25) is 12.1 Å². The summed E-state index contributed by atoms with van der Waals surface area (Å²) in [5.74, 6) is 1.37. The first-order chi connectivity index (χ1) is 11.4. The van der Waals surface area contributed by atoms with Gasteiger partial charge in [0.15, 0.2) is 0 Å². The van der Waals surface area contributed by atoms with Gasteiger partial charge in [-0.05, 0) is 35.1 Å². The summed E-state index contributed by atoms with van der Waals surface area (Å²) in [7, 11) is 0.0758. The van der Waals surface area contributed by atoms with Crippen molar-refractivity contribution in [1.29, 1.82) is 0 Å². The standard InChI is InChI=1S/C22H24Si/c1-3-7-21-17(5-1)9-11-19(21)13-15-23-16-14-20-12-10-18-6-2-4-8-22(18)20/h1-12,19-20H,13-16,23H2. The molecule has 0 saturated heterocycles. The largest absolute Gasteiger partial charge is 0.0764 e. The summed E-state index contributed by atoms with van der Waals surface area (Å²) in [4.78, 5) is 0. The zero-order valence-electron chi connectivity index (χ0n) is 13.6. The molecule has 2 unspecified atom stereocenters. The van der Waals surface area contributed by atoms with E-state index >= 15 is 0 Å². The lowest BCUT2D eigenvalue weighted by molar-refractivity contribution is 0.791. The second kappa shape index (κ2) is 6.72. The molecule has 0 bridgehead atoms. The van der Waals surface area contributed by atoms with Gasteiger partial charge in [-0.25, -0.2) is 0 Å². The molecular formula is C22H24Si. The average Bonchev–Trinajstić information content (AvgIpc) is 3.19. The van der Waals surface area contributed by atoms with Gasteiger partial charge in [0.1, 0.15) is 0 Å². The Kier molecular flexibility index (Phi) is 4.30. The quantitative estimate of drug-likeness (QED) is 0.495. The third-order valence-electron chi connectivity index (χ3n) is 5.34. The molecular weight excluding hydrogens is 292 g/mol. The summed E-state index contributed by atoms with van der Waals surface area (Å²) >= 11 is 0. The van der Waals surface area contributed by atoms with Gasteiger partial charge in [-0.2, -0.15) is 0 Å². The fourth-order valence-electron chi connectivity index (χ4n) is 4.06. The number of benzene rings is 2. The maximum Gasteiger partial charge on any atom is 0.0198 e. The molecule has 2 atom stereocenters. The molecule has 0 N–H and O–H groups in total. The lowest BCUT2D eigenvalue weighted by Gasteiger charge is -2.12. The zero-order valence-corrected chi connectivity index (χ0v) is 15.0. The summed E-state index contributed by atoms with van der Waals surface area (Å²) in [6, 6.07) is 20.7. The van der Waals surface area contributed by atoms with Crippen LogP contribution in [0.25, 0.3) is 12.2 Å². The zero-order chi connectivity index (χ0) is 15.5. The Morgan fingerprint density at radius 2 is 1.13 bits per heavy atom. The maximum absolute atomic E-state index is 2.41. The van der Waals surface area contributed by atoms with Crippen LogP contribution in [0.1, 0.15) is 46.9 Å². The van der Waals surface area contributed by atoms with Gasteiger partial charge < -0.3 is 0 Å². The van der Waals surface area contributed by atoms with Crippen molar-refractivity contribution in [3.63, 3.8) is 0 Å². The number of hydrogen-bond acceptors (Lipinski definition) is 0. The predicted molar refractivity (Wildman–Crippen MR) is 104 cm³/mol. The summed E-state index contributed by atoms with van der Waals surface area (Å²) in [6.45, 7) is 0. The molecule has 0 amide bonds. The Hall–Kier alpha value is -1.86. The Morgan fingerprint density at radius 1 is 0.652 bits per heavy atom. The van der Waals surface area contributed by atoms with E-state index in [4.69, 9.17) is 0 Å². The Morgan fingerprint density at radius 3 is 1.65 bits per heavy atom. The second-order valence-electron chi connectivity index (χ2n) is 6.83. The summed E-state index contributed by atoms with van der Waals surface area (Å²) in [6.07, 6.45) is 12.2. The minimum Gasteiger partial charge on any atom is -0.0764 e. The van der Waals surface area contributed by atoms with E-state index in [9.17, 15) is 0 Å². The van der Waals surface area contributed by atoms with Crippen LogP contribution in [-0.2, 0) is 0 Å². The molecule has 4 rings (SSSR count). The Bertz CT molecular complexity index is 678. The molecule has 0 saturated carbocycles. The van der Waals surface area contributed by atoms with E-state index in [1.807, 2.05) is 0 Å². The van der Waals surface area contributed by atoms with Crippen LogP contribution in [0.4, 0.5) is 0 Å². The highest BCUT2D eigenvalue weighted by molar-refractivity contribution is 6.35. The molecule has 2 aliphatic carbocycles. The van der Waals surface area contributed by atoms with Crippen molar-refractivity contribution in [1.82, 2.24) is 0 Å². The fourth-order valence-corrected chi connectivity index (χ4v) is 5.87. The third kappa shape index (κ3) is 3.11. The van der Waals surface area contributed by atoms with E-state index in [1.165, 1.54) is 36.1 Å². The third-order valence-corrected chi connectivity index (χ3v) is 7.15. The van der Waals surface area contributed by atoms with Crippen LogP contribution >= 0.6 is 0 Å². The Balaban J connectivity index is 1.22. The van der Waals surface area contributed by atoms with Crippen molar-refractivity contribution in [2.24, 2.45) is 0 Å². The molecule has 2 aromatic rings. The number of fused-ring (bicyclic) bond motifs is 2. The lowest BCUT2D eigenvalue weighted by atomic mass is 9.98. The molecule has 1 heteroatoms. The molecule has 0 spiro atoms. The van der Waals surface area contributed by atoms with E-state index in [0.717, 1.165) is 0 Å². The summed E-state index contributed by atoms with van der Waals surface area (Å²) < 4.78 is 0. The molecule has 116 valence electrons. The van der Waals surface area contributed by atoms with Gasteiger partial charge in [-0.3, -0.25) is 0 Å². The van der Waals surface area contributed by atoms with Crippen LogP contribution in [-0.4, -0.2) is 9.52 Å². The average molecular weight is 317 g/mol. The summed E-state index contributed by atoms with van der Waals surface area (Å²) in [5, 5.41) is 0. The van der Waals surface area contributed by atoms with Crippen LogP contribution in [0, 0.1) is 0 Å². The van der Waals surface area contributed by atoms with Gasteiger partial charge in [0, 0.05) is 21.4 Å². The van der Waals surface area contributed by atoms with Crippen molar-refractivity contribution < 1.29 is 0 Å². The molecule has 0 heterocycles. The highest BCUT2D eigenvalue weighted by Gasteiger charge is 2.17. The molecule has 0 aromatic heterocycles. The molecule has 0 aliphatic heterocycles. The van der Waals surface area contributed by atoms with E-state index in [-0.39, 0.29) is 9.52 Å². The molecule has 2 aromatic carbocycles. The first-order valence-corrected chi connectivity index (χ1v) is 11.0. The Labute approximate surface area is 141 Å². The van der Waals surface area contributed by atoms with E-state index < -0.39 is 0 Å². The predicted octanol–water partition coefficient (Wildman–Crippen LogP) is 5.39.